The van der Waals surface area contributed by atoms with Gasteiger partial charge in [0.05, 0.1) is 6.67 Å². The highest BCUT2D eigenvalue weighted by Crippen LogP contribution is 1.97. The number of hydrogen-bond donors (Lipinski definition) is 3. The van der Waals surface area contributed by atoms with Crippen LogP contribution in [0.15, 0.2) is 54.9 Å². The van der Waals surface area contributed by atoms with E-state index in [0.29, 0.717) is 12.2 Å². The summed E-state index contributed by atoms with van der Waals surface area (Å²) in [6, 6.07) is 12.6. The van der Waals surface area contributed by atoms with Crippen LogP contribution in [0.5, 0.6) is 0 Å². The molecule has 0 fully saturated rings. The molecule has 2 aromatic rings. The van der Waals surface area contributed by atoms with Gasteiger partial charge in [0.1, 0.15) is 0 Å². The van der Waals surface area contributed by atoms with E-state index in [0.717, 1.165) is 0 Å². The largest absolute Gasteiger partial charge is 0.338 e. The van der Waals surface area contributed by atoms with Gasteiger partial charge in [-0.05, 0) is 24.3 Å². The zero-order chi connectivity index (χ0) is 12.8. The highest BCUT2D eigenvalue weighted by molar-refractivity contribution is 6.04. The molecule has 0 radical (unpaired) electrons. The van der Waals surface area contributed by atoms with Crippen LogP contribution in [0.4, 0.5) is 0 Å². The molecule has 0 saturated heterocycles. The number of hydrogen-bond acceptors (Lipinski definition) is 2. The Balaban J connectivity index is 1.83. The maximum atomic E-state index is 11.7. The highest BCUT2D eigenvalue weighted by atomic mass is 16.1. The second kappa shape index (κ2) is 5.67. The van der Waals surface area contributed by atoms with Gasteiger partial charge in [-0.15, -0.1) is 0 Å². The van der Waals surface area contributed by atoms with Gasteiger partial charge in [0, 0.05) is 18.0 Å². The molecule has 1 aromatic heterocycles. The van der Waals surface area contributed by atoms with Crippen molar-refractivity contribution in [2.75, 3.05) is 0 Å². The van der Waals surface area contributed by atoms with E-state index in [1.54, 1.807) is 24.3 Å². The zero-order valence-electron chi connectivity index (χ0n) is 9.76. The van der Waals surface area contributed by atoms with Gasteiger partial charge < -0.3 is 9.88 Å². The standard InChI is InChI=1S/C13H14N4O/c14-13(15-10-17-8-4-5-9-17)16-12(18)11-6-2-1-3-7-11/h1-9H,10H2,(H3,14,15,16,18). The fourth-order valence-electron chi connectivity index (χ4n) is 1.47. The summed E-state index contributed by atoms with van der Waals surface area (Å²) < 4.78 is 1.86. The summed E-state index contributed by atoms with van der Waals surface area (Å²) >= 11 is 0. The number of guanidine groups is 1. The Morgan fingerprint density at radius 2 is 1.78 bits per heavy atom. The summed E-state index contributed by atoms with van der Waals surface area (Å²) in [5.74, 6) is -0.307. The number of nitrogens with zero attached hydrogens (tertiary/aromatic N) is 1. The summed E-state index contributed by atoms with van der Waals surface area (Å²) in [5, 5.41) is 12.9. The predicted octanol–water partition coefficient (Wildman–Crippen LogP) is 1.40. The minimum absolute atomic E-state index is 0.0162. The maximum Gasteiger partial charge on any atom is 0.257 e. The number of amides is 1. The number of carbonyl (C=O) groups is 1. The molecule has 0 saturated carbocycles. The lowest BCUT2D eigenvalue weighted by atomic mass is 10.2. The van der Waals surface area contributed by atoms with Gasteiger partial charge in [0.2, 0.25) is 0 Å². The van der Waals surface area contributed by atoms with Crippen molar-refractivity contribution in [1.29, 1.82) is 5.41 Å². The Kier molecular flexibility index (Phi) is 3.76. The van der Waals surface area contributed by atoms with Gasteiger partial charge in [-0.1, -0.05) is 18.2 Å². The van der Waals surface area contributed by atoms with Crippen LogP contribution >= 0.6 is 0 Å². The molecule has 5 nitrogen and oxygen atoms in total. The quantitative estimate of drug-likeness (QED) is 0.562. The lowest BCUT2D eigenvalue weighted by Crippen LogP contribution is -2.40. The SMILES string of the molecule is N=C(NCn1cccc1)NC(=O)c1ccccc1. The molecule has 0 aliphatic carbocycles. The molecule has 92 valence electrons. The van der Waals surface area contributed by atoms with E-state index in [2.05, 4.69) is 10.6 Å². The van der Waals surface area contributed by atoms with E-state index in [9.17, 15) is 4.79 Å². The molecular weight excluding hydrogens is 228 g/mol. The summed E-state index contributed by atoms with van der Waals surface area (Å²) in [6.45, 7) is 0.445. The van der Waals surface area contributed by atoms with Gasteiger partial charge >= 0.3 is 0 Å². The summed E-state index contributed by atoms with van der Waals surface area (Å²) in [4.78, 5) is 11.7. The minimum atomic E-state index is -0.291. The fraction of sp³-hybridized carbons (Fsp3) is 0.0769. The van der Waals surface area contributed by atoms with Gasteiger partial charge in [0.15, 0.2) is 5.96 Å². The molecule has 0 unspecified atom stereocenters. The summed E-state index contributed by atoms with van der Waals surface area (Å²) in [6.07, 6.45) is 3.75. The van der Waals surface area contributed by atoms with Crippen LogP contribution in [0.2, 0.25) is 0 Å². The van der Waals surface area contributed by atoms with Crippen molar-refractivity contribution in [3.05, 3.63) is 60.4 Å². The molecule has 18 heavy (non-hydrogen) atoms. The third-order valence-corrected chi connectivity index (χ3v) is 2.38. The van der Waals surface area contributed by atoms with E-state index in [4.69, 9.17) is 5.41 Å². The Hall–Kier alpha value is -2.56. The number of rotatable bonds is 3. The van der Waals surface area contributed by atoms with Gasteiger partial charge in [0.25, 0.3) is 5.91 Å². The lowest BCUT2D eigenvalue weighted by Gasteiger charge is -2.10. The van der Waals surface area contributed by atoms with Crippen LogP contribution in [-0.2, 0) is 6.67 Å². The normalized spacial score (nSPS) is 9.78. The van der Waals surface area contributed by atoms with E-state index in [1.165, 1.54) is 0 Å². The topological polar surface area (TPSA) is 69.9 Å². The second-order valence-corrected chi connectivity index (χ2v) is 3.73. The molecule has 0 atom stereocenters. The Morgan fingerprint density at radius 3 is 2.44 bits per heavy atom. The number of aromatic nitrogens is 1. The van der Waals surface area contributed by atoms with E-state index < -0.39 is 0 Å². The van der Waals surface area contributed by atoms with Crippen LogP contribution in [0.3, 0.4) is 0 Å². The first-order valence-corrected chi connectivity index (χ1v) is 5.55. The maximum absolute atomic E-state index is 11.7. The Morgan fingerprint density at radius 1 is 1.11 bits per heavy atom. The van der Waals surface area contributed by atoms with E-state index >= 15 is 0 Å². The molecule has 0 spiro atoms. The summed E-state index contributed by atoms with van der Waals surface area (Å²) in [5.41, 5.74) is 0.532. The molecule has 5 heteroatoms. The smallest absolute Gasteiger partial charge is 0.257 e. The number of carbonyl (C=O) groups excluding carboxylic acids is 1. The first-order valence-electron chi connectivity index (χ1n) is 5.55. The van der Waals surface area contributed by atoms with Crippen LogP contribution in [-0.4, -0.2) is 16.4 Å². The zero-order valence-corrected chi connectivity index (χ0v) is 9.76. The van der Waals surface area contributed by atoms with Crippen molar-refractivity contribution in [1.82, 2.24) is 15.2 Å². The molecule has 0 aliphatic heterocycles. The molecule has 1 heterocycles. The number of benzene rings is 1. The molecule has 1 amide bonds. The van der Waals surface area contributed by atoms with Crippen molar-refractivity contribution in [3.8, 4) is 0 Å². The minimum Gasteiger partial charge on any atom is -0.338 e. The lowest BCUT2D eigenvalue weighted by molar-refractivity contribution is 0.0975. The van der Waals surface area contributed by atoms with Gasteiger partial charge in [-0.2, -0.15) is 0 Å². The third-order valence-electron chi connectivity index (χ3n) is 2.38. The average Bonchev–Trinajstić information content (AvgIpc) is 2.90. The molecule has 0 aliphatic rings. The second-order valence-electron chi connectivity index (χ2n) is 3.73. The molecule has 0 bridgehead atoms. The Labute approximate surface area is 105 Å². The molecule has 3 N–H and O–H groups in total. The van der Waals surface area contributed by atoms with Crippen molar-refractivity contribution in [3.63, 3.8) is 0 Å². The average molecular weight is 242 g/mol. The Bertz CT molecular complexity index is 519. The van der Waals surface area contributed by atoms with Gasteiger partial charge in [-0.3, -0.25) is 15.5 Å². The predicted molar refractivity (Wildman–Crippen MR) is 69.2 cm³/mol. The monoisotopic (exact) mass is 242 g/mol. The molecule has 1 aromatic carbocycles. The van der Waals surface area contributed by atoms with Crippen molar-refractivity contribution in [2.45, 2.75) is 6.67 Å². The first-order chi connectivity index (χ1) is 8.75. The third kappa shape index (κ3) is 3.21. The van der Waals surface area contributed by atoms with Crippen LogP contribution in [0, 0.1) is 5.41 Å². The number of nitrogens with one attached hydrogen (secondary N) is 3. The summed E-state index contributed by atoms with van der Waals surface area (Å²) in [7, 11) is 0. The highest BCUT2D eigenvalue weighted by Gasteiger charge is 2.06. The first kappa shape index (κ1) is 11.9. The van der Waals surface area contributed by atoms with Crippen LogP contribution < -0.4 is 10.6 Å². The fourth-order valence-corrected chi connectivity index (χ4v) is 1.47. The van der Waals surface area contributed by atoms with E-state index in [1.807, 2.05) is 35.2 Å². The van der Waals surface area contributed by atoms with Gasteiger partial charge in [-0.25, -0.2) is 0 Å². The molecular formula is C13H14N4O. The van der Waals surface area contributed by atoms with Crippen molar-refractivity contribution < 1.29 is 4.79 Å². The van der Waals surface area contributed by atoms with Crippen molar-refractivity contribution >= 4 is 11.9 Å². The van der Waals surface area contributed by atoms with Crippen LogP contribution in [0.1, 0.15) is 10.4 Å². The van der Waals surface area contributed by atoms with Crippen molar-refractivity contribution in [2.24, 2.45) is 0 Å². The van der Waals surface area contributed by atoms with E-state index in [-0.39, 0.29) is 11.9 Å². The van der Waals surface area contributed by atoms with Crippen LogP contribution in [0.25, 0.3) is 0 Å². The molecule has 2 rings (SSSR count).